The first-order chi connectivity index (χ1) is 11.5. The maximum Gasteiger partial charge on any atom is 0.204 e. The lowest BCUT2D eigenvalue weighted by atomic mass is 10.1. The van der Waals surface area contributed by atoms with Crippen molar-refractivity contribution in [2.45, 2.75) is 32.7 Å². The van der Waals surface area contributed by atoms with Crippen molar-refractivity contribution in [3.8, 4) is 0 Å². The van der Waals surface area contributed by atoms with E-state index in [0.29, 0.717) is 22.2 Å². The van der Waals surface area contributed by atoms with Crippen LogP contribution in [0.15, 0.2) is 35.5 Å². The molecule has 0 saturated heterocycles. The number of hydrogen-bond donors (Lipinski definition) is 1. The number of benzene rings is 1. The zero-order chi connectivity index (χ0) is 17.3. The van der Waals surface area contributed by atoms with Gasteiger partial charge in [0.25, 0.3) is 0 Å². The maximum absolute atomic E-state index is 12.4. The Labute approximate surface area is 146 Å². The minimum atomic E-state index is -0.136. The number of hydrogen-bond acceptors (Lipinski definition) is 3. The van der Waals surface area contributed by atoms with E-state index in [4.69, 9.17) is 22.2 Å². The summed E-state index contributed by atoms with van der Waals surface area (Å²) in [6, 6.07) is 9.40. The third-order valence-electron chi connectivity index (χ3n) is 4.20. The van der Waals surface area contributed by atoms with Crippen LogP contribution >= 0.6 is 11.6 Å². The van der Waals surface area contributed by atoms with E-state index in [-0.39, 0.29) is 18.2 Å². The molecule has 1 aromatic carbocycles. The van der Waals surface area contributed by atoms with Crippen LogP contribution in [0.2, 0.25) is 5.02 Å². The number of carbonyl (C=O) groups excluding carboxylic acids is 1. The topological polar surface area (TPSA) is 69.6 Å². The largest absolute Gasteiger partial charge is 0.386 e. The molecule has 1 saturated carbocycles. The smallest absolute Gasteiger partial charge is 0.204 e. The molecule has 1 aromatic heterocycles. The number of nitrogens with zero attached hydrogens (tertiary/aromatic N) is 2. The van der Waals surface area contributed by atoms with E-state index in [9.17, 15) is 4.79 Å². The van der Waals surface area contributed by atoms with Gasteiger partial charge in [-0.25, -0.2) is 0 Å². The predicted octanol–water partition coefficient (Wildman–Crippen LogP) is 3.61. The second-order valence-electron chi connectivity index (χ2n) is 6.07. The van der Waals surface area contributed by atoms with Crippen molar-refractivity contribution in [3.05, 3.63) is 57.9 Å². The molecule has 5 nitrogen and oxygen atoms in total. The van der Waals surface area contributed by atoms with Crippen LogP contribution in [-0.2, 0) is 4.84 Å². The first-order valence-electron chi connectivity index (χ1n) is 7.90. The van der Waals surface area contributed by atoms with Crippen LogP contribution in [0.25, 0.3) is 0 Å². The lowest BCUT2D eigenvalue weighted by molar-refractivity contribution is 0.0775. The average molecular weight is 346 g/mol. The molecule has 0 unspecified atom stereocenters. The molecule has 0 aliphatic heterocycles. The zero-order valence-corrected chi connectivity index (χ0v) is 14.5. The molecule has 0 amide bonds. The van der Waals surface area contributed by atoms with Crippen molar-refractivity contribution in [1.82, 2.24) is 4.57 Å². The predicted molar refractivity (Wildman–Crippen MR) is 94.6 cm³/mol. The van der Waals surface area contributed by atoms with Gasteiger partial charge in [0.05, 0.1) is 0 Å². The summed E-state index contributed by atoms with van der Waals surface area (Å²) in [5.41, 5.74) is 9.34. The van der Waals surface area contributed by atoms with Gasteiger partial charge in [-0.15, -0.1) is 0 Å². The van der Waals surface area contributed by atoms with E-state index in [1.807, 2.05) is 19.9 Å². The fourth-order valence-corrected chi connectivity index (χ4v) is 2.99. The molecule has 126 valence electrons. The summed E-state index contributed by atoms with van der Waals surface area (Å²) in [5, 5.41) is 4.44. The highest BCUT2D eigenvalue weighted by atomic mass is 35.5. The second-order valence-corrected chi connectivity index (χ2v) is 6.50. The van der Waals surface area contributed by atoms with Gasteiger partial charge in [-0.3, -0.25) is 4.79 Å². The van der Waals surface area contributed by atoms with Crippen LogP contribution in [0.1, 0.15) is 46.2 Å². The number of carbonyl (C=O) groups is 1. The van der Waals surface area contributed by atoms with Crippen molar-refractivity contribution in [2.75, 3.05) is 6.61 Å². The molecule has 0 bridgehead atoms. The van der Waals surface area contributed by atoms with Crippen LogP contribution in [0, 0.1) is 13.8 Å². The Balaban J connectivity index is 1.64. The first-order valence-corrected chi connectivity index (χ1v) is 8.28. The summed E-state index contributed by atoms with van der Waals surface area (Å²) in [5.74, 6) is 0.116. The summed E-state index contributed by atoms with van der Waals surface area (Å²) < 4.78 is 2.23. The van der Waals surface area contributed by atoms with Crippen molar-refractivity contribution >= 4 is 23.2 Å². The normalized spacial score (nSPS) is 14.7. The average Bonchev–Trinajstić information content (AvgIpc) is 3.33. The molecule has 1 heterocycles. The van der Waals surface area contributed by atoms with Gasteiger partial charge in [0, 0.05) is 33.6 Å². The number of nitrogens with two attached hydrogens (primary N) is 1. The number of amidine groups is 1. The summed E-state index contributed by atoms with van der Waals surface area (Å²) in [6.07, 6.45) is 2.37. The quantitative estimate of drug-likeness (QED) is 0.376. The van der Waals surface area contributed by atoms with E-state index < -0.39 is 0 Å². The third-order valence-corrected chi connectivity index (χ3v) is 4.45. The number of aromatic nitrogens is 1. The molecular formula is C18H20ClN3O2. The highest BCUT2D eigenvalue weighted by Crippen LogP contribution is 2.38. The Morgan fingerprint density at radius 2 is 2.00 bits per heavy atom. The number of Topliss-reactive ketones (excluding diaryl/α,β-unsaturated/α-hetero) is 1. The molecule has 3 rings (SSSR count). The van der Waals surface area contributed by atoms with E-state index in [2.05, 4.69) is 9.72 Å². The van der Waals surface area contributed by atoms with Crippen LogP contribution in [0.3, 0.4) is 0 Å². The molecule has 0 radical (unpaired) electrons. The van der Waals surface area contributed by atoms with Gasteiger partial charge in [-0.05, 0) is 57.0 Å². The molecular weight excluding hydrogens is 326 g/mol. The monoisotopic (exact) mass is 345 g/mol. The number of rotatable bonds is 6. The fourth-order valence-electron chi connectivity index (χ4n) is 2.87. The van der Waals surface area contributed by atoms with Gasteiger partial charge < -0.3 is 15.1 Å². The highest BCUT2D eigenvalue weighted by molar-refractivity contribution is 6.30. The Morgan fingerprint density at radius 3 is 2.62 bits per heavy atom. The van der Waals surface area contributed by atoms with Crippen LogP contribution in [0.5, 0.6) is 0 Å². The molecule has 1 aliphatic carbocycles. The van der Waals surface area contributed by atoms with E-state index in [0.717, 1.165) is 11.4 Å². The Kier molecular flexibility index (Phi) is 4.62. The number of ketones is 1. The van der Waals surface area contributed by atoms with E-state index >= 15 is 0 Å². The lowest BCUT2D eigenvalue weighted by Crippen LogP contribution is -2.15. The third kappa shape index (κ3) is 3.46. The summed E-state index contributed by atoms with van der Waals surface area (Å²) in [6.45, 7) is 3.87. The van der Waals surface area contributed by atoms with Crippen molar-refractivity contribution in [2.24, 2.45) is 10.9 Å². The first kappa shape index (κ1) is 16.6. The fraction of sp³-hybridized carbons (Fsp3) is 0.333. The SMILES string of the molecule is Cc1cc(C(=O)CON=C(N)c2ccc(Cl)cc2)c(C)n1C1CC1. The molecule has 24 heavy (non-hydrogen) atoms. The van der Waals surface area contributed by atoms with Crippen LogP contribution in [-0.4, -0.2) is 22.8 Å². The molecule has 2 N–H and O–H groups in total. The standard InChI is InChI=1S/C18H20ClN3O2/c1-11-9-16(12(2)22(11)15-7-8-15)17(23)10-24-21-18(20)13-3-5-14(19)6-4-13/h3-6,9,15H,7-8,10H2,1-2H3,(H2,20,21). The van der Waals surface area contributed by atoms with Crippen LogP contribution < -0.4 is 5.73 Å². The molecule has 0 atom stereocenters. The minimum absolute atomic E-state index is 0.0948. The second kappa shape index (κ2) is 6.69. The van der Waals surface area contributed by atoms with Crippen molar-refractivity contribution in [3.63, 3.8) is 0 Å². The van der Waals surface area contributed by atoms with Gasteiger partial charge in [0.15, 0.2) is 12.4 Å². The lowest BCUT2D eigenvalue weighted by Gasteiger charge is -2.07. The maximum atomic E-state index is 12.4. The number of aryl methyl sites for hydroxylation is 1. The molecule has 6 heteroatoms. The van der Waals surface area contributed by atoms with Gasteiger partial charge >= 0.3 is 0 Å². The number of oxime groups is 1. The Morgan fingerprint density at radius 1 is 1.33 bits per heavy atom. The Bertz CT molecular complexity index is 789. The Hall–Kier alpha value is -2.27. The van der Waals surface area contributed by atoms with Gasteiger partial charge in [-0.2, -0.15) is 0 Å². The van der Waals surface area contributed by atoms with Gasteiger partial charge in [0.2, 0.25) is 5.78 Å². The highest BCUT2D eigenvalue weighted by Gasteiger charge is 2.28. The zero-order valence-electron chi connectivity index (χ0n) is 13.8. The van der Waals surface area contributed by atoms with Crippen molar-refractivity contribution in [1.29, 1.82) is 0 Å². The van der Waals surface area contributed by atoms with Gasteiger partial charge in [-0.1, -0.05) is 16.8 Å². The summed E-state index contributed by atoms with van der Waals surface area (Å²) in [7, 11) is 0. The molecule has 2 aromatic rings. The molecule has 1 aliphatic rings. The minimum Gasteiger partial charge on any atom is -0.386 e. The summed E-state index contributed by atoms with van der Waals surface area (Å²) >= 11 is 5.83. The van der Waals surface area contributed by atoms with Crippen LogP contribution in [0.4, 0.5) is 0 Å². The molecule has 0 spiro atoms. The number of halogens is 1. The van der Waals surface area contributed by atoms with Gasteiger partial charge in [0.1, 0.15) is 0 Å². The summed E-state index contributed by atoms with van der Waals surface area (Å²) in [4.78, 5) is 17.5. The van der Waals surface area contributed by atoms with Crippen molar-refractivity contribution < 1.29 is 9.63 Å². The van der Waals surface area contributed by atoms with E-state index in [1.165, 1.54) is 12.8 Å². The molecule has 1 fully saturated rings. The van der Waals surface area contributed by atoms with E-state index in [1.54, 1.807) is 24.3 Å².